The van der Waals surface area contributed by atoms with Crippen molar-refractivity contribution in [2.45, 2.75) is 50.6 Å². The smallest absolute Gasteiger partial charge is 0.326 e. The molecule has 1 heterocycles. The first-order chi connectivity index (χ1) is 9.65. The van der Waals surface area contributed by atoms with Gasteiger partial charge in [0, 0.05) is 12.6 Å². The van der Waals surface area contributed by atoms with Crippen LogP contribution in [0.15, 0.2) is 0 Å². The van der Waals surface area contributed by atoms with Crippen molar-refractivity contribution in [1.29, 1.82) is 0 Å². The average Bonchev–Trinajstić information content (AvgIpc) is 2.83. The Morgan fingerprint density at radius 1 is 1.35 bits per heavy atom. The van der Waals surface area contributed by atoms with Crippen LogP contribution in [0.1, 0.15) is 38.5 Å². The first kappa shape index (κ1) is 15.5. The van der Waals surface area contributed by atoms with E-state index in [1.54, 1.807) is 16.7 Å². The summed E-state index contributed by atoms with van der Waals surface area (Å²) in [5.41, 5.74) is 0. The lowest BCUT2D eigenvalue weighted by Crippen LogP contribution is -2.50. The van der Waals surface area contributed by atoms with E-state index in [4.69, 9.17) is 0 Å². The lowest BCUT2D eigenvalue weighted by molar-refractivity contribution is -0.141. The van der Waals surface area contributed by atoms with Gasteiger partial charge in [-0.1, -0.05) is 12.8 Å². The third-order valence-corrected chi connectivity index (χ3v) is 5.11. The van der Waals surface area contributed by atoms with Gasteiger partial charge in [0.15, 0.2) is 0 Å². The Labute approximate surface area is 124 Å². The molecule has 114 valence electrons. The molecule has 1 saturated heterocycles. The lowest BCUT2D eigenvalue weighted by Gasteiger charge is -2.33. The van der Waals surface area contributed by atoms with Gasteiger partial charge in [0.2, 0.25) is 0 Å². The highest BCUT2D eigenvalue weighted by molar-refractivity contribution is 7.98. The molecule has 1 aliphatic carbocycles. The summed E-state index contributed by atoms with van der Waals surface area (Å²) in [5.74, 6) is 0.523. The maximum Gasteiger partial charge on any atom is 0.326 e. The molecule has 1 saturated carbocycles. The maximum atomic E-state index is 12.3. The molecule has 2 N–H and O–H groups in total. The maximum absolute atomic E-state index is 12.3. The largest absolute Gasteiger partial charge is 0.480 e. The molecule has 0 aromatic rings. The highest BCUT2D eigenvalue weighted by atomic mass is 32.2. The molecule has 6 heteroatoms. The summed E-state index contributed by atoms with van der Waals surface area (Å²) in [6.07, 6.45) is 7.86. The Balaban J connectivity index is 1.97. The van der Waals surface area contributed by atoms with Gasteiger partial charge < -0.3 is 15.3 Å². The number of urea groups is 1. The minimum Gasteiger partial charge on any atom is -0.480 e. The summed E-state index contributed by atoms with van der Waals surface area (Å²) >= 11 is 1.75. The number of thioether (sulfide) groups is 1. The van der Waals surface area contributed by atoms with Crippen LogP contribution in [0.3, 0.4) is 0 Å². The van der Waals surface area contributed by atoms with E-state index in [0.29, 0.717) is 18.9 Å². The molecule has 0 spiro atoms. The third-order valence-electron chi connectivity index (χ3n) is 4.41. The van der Waals surface area contributed by atoms with Crippen molar-refractivity contribution >= 4 is 23.8 Å². The number of fused-ring (bicyclic) bond motifs is 1. The van der Waals surface area contributed by atoms with Crippen LogP contribution < -0.4 is 5.32 Å². The van der Waals surface area contributed by atoms with Crippen molar-refractivity contribution in [2.24, 2.45) is 5.92 Å². The molecule has 2 amide bonds. The van der Waals surface area contributed by atoms with Crippen molar-refractivity contribution in [2.75, 3.05) is 18.6 Å². The van der Waals surface area contributed by atoms with Gasteiger partial charge in [0.1, 0.15) is 6.04 Å². The fraction of sp³-hybridized carbons (Fsp3) is 0.857. The van der Waals surface area contributed by atoms with Gasteiger partial charge in [0.05, 0.1) is 0 Å². The van der Waals surface area contributed by atoms with E-state index >= 15 is 0 Å². The topological polar surface area (TPSA) is 69.6 Å². The van der Waals surface area contributed by atoms with Crippen LogP contribution in [-0.2, 0) is 4.79 Å². The molecule has 0 bridgehead atoms. The number of nitrogens with zero attached hydrogens (tertiary/aromatic N) is 1. The predicted molar refractivity (Wildman–Crippen MR) is 80.0 cm³/mol. The van der Waals surface area contributed by atoms with E-state index in [1.165, 1.54) is 0 Å². The summed E-state index contributed by atoms with van der Waals surface area (Å²) in [7, 11) is 0. The van der Waals surface area contributed by atoms with Crippen LogP contribution in [0.4, 0.5) is 4.79 Å². The molecular formula is C14H24N2O3S. The number of carbonyl (C=O) groups is 2. The first-order valence-electron chi connectivity index (χ1n) is 7.43. The summed E-state index contributed by atoms with van der Waals surface area (Å²) in [5, 5.41) is 12.3. The molecule has 1 aliphatic heterocycles. The van der Waals surface area contributed by atoms with Crippen molar-refractivity contribution in [3.63, 3.8) is 0 Å². The Hall–Kier alpha value is -0.910. The number of hydrogen-bond donors (Lipinski definition) is 2. The van der Waals surface area contributed by atoms with Crippen LogP contribution in [0.2, 0.25) is 0 Å². The predicted octanol–water partition coefficient (Wildman–Crippen LogP) is 2.17. The van der Waals surface area contributed by atoms with E-state index in [1.807, 2.05) is 6.26 Å². The van der Waals surface area contributed by atoms with Gasteiger partial charge in [-0.15, -0.1) is 0 Å². The van der Waals surface area contributed by atoms with Crippen molar-refractivity contribution in [3.05, 3.63) is 0 Å². The number of likely N-dealkylation sites (tertiary alicyclic amines) is 1. The lowest BCUT2D eigenvalue weighted by atomic mass is 9.85. The van der Waals surface area contributed by atoms with Gasteiger partial charge in [-0.05, 0) is 43.6 Å². The fourth-order valence-corrected chi connectivity index (χ4v) is 3.91. The number of carbonyl (C=O) groups excluding carboxylic acids is 1. The molecule has 0 aromatic heterocycles. The number of amides is 2. The zero-order valence-corrected chi connectivity index (χ0v) is 12.8. The first-order valence-corrected chi connectivity index (χ1v) is 8.82. The van der Waals surface area contributed by atoms with Gasteiger partial charge in [-0.3, -0.25) is 0 Å². The van der Waals surface area contributed by atoms with Crippen LogP contribution in [0.5, 0.6) is 0 Å². The molecule has 0 aromatic carbocycles. The zero-order valence-electron chi connectivity index (χ0n) is 12.0. The van der Waals surface area contributed by atoms with E-state index in [2.05, 4.69) is 5.32 Å². The highest BCUT2D eigenvalue weighted by Gasteiger charge is 2.47. The third kappa shape index (κ3) is 3.40. The molecule has 2 aliphatic rings. The van der Waals surface area contributed by atoms with Crippen LogP contribution in [0.25, 0.3) is 0 Å². The number of carboxylic acids is 1. The van der Waals surface area contributed by atoms with E-state index < -0.39 is 12.0 Å². The SMILES string of the molecule is CSCCCNC(=O)N1C(C(=O)O)CC2CCCCC21. The summed E-state index contributed by atoms with van der Waals surface area (Å²) in [6, 6.07) is -0.693. The molecule has 5 nitrogen and oxygen atoms in total. The highest BCUT2D eigenvalue weighted by Crippen LogP contribution is 2.39. The van der Waals surface area contributed by atoms with Crippen LogP contribution >= 0.6 is 11.8 Å². The second-order valence-corrected chi connectivity index (χ2v) is 6.67. The Kier molecular flexibility index (Phi) is 5.57. The summed E-state index contributed by atoms with van der Waals surface area (Å²) in [6.45, 7) is 0.625. The average molecular weight is 300 g/mol. The summed E-state index contributed by atoms with van der Waals surface area (Å²) in [4.78, 5) is 25.4. The molecule has 3 unspecified atom stereocenters. The van der Waals surface area contributed by atoms with Gasteiger partial charge >= 0.3 is 12.0 Å². The normalized spacial score (nSPS) is 29.1. The number of rotatable bonds is 5. The molecule has 3 atom stereocenters. The molecule has 2 fully saturated rings. The fourth-order valence-electron chi connectivity index (χ4n) is 3.48. The molecule has 2 rings (SSSR count). The van der Waals surface area contributed by atoms with E-state index in [0.717, 1.165) is 37.9 Å². The Morgan fingerprint density at radius 3 is 2.80 bits per heavy atom. The second kappa shape index (κ2) is 7.20. The standard InChI is InChI=1S/C14H24N2O3S/c1-20-8-4-7-15-14(19)16-11-6-3-2-5-10(11)9-12(16)13(17)18/h10-12H,2-9H2,1H3,(H,15,19)(H,17,18). The molecule has 0 radical (unpaired) electrons. The van der Waals surface area contributed by atoms with Crippen LogP contribution in [0, 0.1) is 5.92 Å². The minimum atomic E-state index is -0.862. The van der Waals surface area contributed by atoms with Crippen molar-refractivity contribution in [3.8, 4) is 0 Å². The minimum absolute atomic E-state index is 0.130. The quantitative estimate of drug-likeness (QED) is 0.763. The van der Waals surface area contributed by atoms with Crippen molar-refractivity contribution < 1.29 is 14.7 Å². The van der Waals surface area contributed by atoms with Gasteiger partial charge in [-0.25, -0.2) is 9.59 Å². The Bertz CT molecular complexity index is 364. The number of aliphatic carboxylic acids is 1. The monoisotopic (exact) mass is 300 g/mol. The molecular weight excluding hydrogens is 276 g/mol. The van der Waals surface area contributed by atoms with Crippen molar-refractivity contribution in [1.82, 2.24) is 10.2 Å². The van der Waals surface area contributed by atoms with E-state index in [9.17, 15) is 14.7 Å². The second-order valence-electron chi connectivity index (χ2n) is 5.69. The number of hydrogen-bond acceptors (Lipinski definition) is 3. The summed E-state index contributed by atoms with van der Waals surface area (Å²) < 4.78 is 0. The van der Waals surface area contributed by atoms with E-state index in [-0.39, 0.29) is 12.1 Å². The zero-order chi connectivity index (χ0) is 14.5. The Morgan fingerprint density at radius 2 is 2.10 bits per heavy atom. The van der Waals surface area contributed by atoms with Gasteiger partial charge in [-0.2, -0.15) is 11.8 Å². The van der Waals surface area contributed by atoms with Crippen LogP contribution in [-0.4, -0.2) is 52.6 Å². The number of nitrogens with one attached hydrogen (secondary N) is 1. The number of carboxylic acid groups (broad SMARTS) is 1. The van der Waals surface area contributed by atoms with Gasteiger partial charge in [0.25, 0.3) is 0 Å². The molecule has 20 heavy (non-hydrogen) atoms.